The maximum absolute atomic E-state index is 14.2. The van der Waals surface area contributed by atoms with Crippen LogP contribution in [0.5, 0.6) is 0 Å². The molecule has 7 nitrogen and oxygen atoms in total. The Balaban J connectivity index is 1.28. The Bertz CT molecular complexity index is 1300. The molecule has 0 spiro atoms. The molecule has 2 aliphatic heterocycles. The smallest absolute Gasteiger partial charge is 0.330 e. The summed E-state index contributed by atoms with van der Waals surface area (Å²) < 4.78 is 0. The fourth-order valence-electron chi connectivity index (χ4n) is 6.44. The first kappa shape index (κ1) is 25.8. The van der Waals surface area contributed by atoms with Gasteiger partial charge in [-0.1, -0.05) is 49.6 Å². The minimum absolute atomic E-state index is 0.0491. The zero-order valence-electron chi connectivity index (χ0n) is 23.6. The summed E-state index contributed by atoms with van der Waals surface area (Å²) in [4.78, 5) is 32.8. The number of hydrogen-bond acceptors (Lipinski definition) is 5. The Labute approximate surface area is 232 Å². The van der Waals surface area contributed by atoms with E-state index >= 15 is 0 Å². The van der Waals surface area contributed by atoms with Crippen LogP contribution in [0.3, 0.4) is 0 Å². The Hall–Kier alpha value is -3.45. The Kier molecular flexibility index (Phi) is 7.26. The van der Waals surface area contributed by atoms with E-state index in [0.29, 0.717) is 13.0 Å². The van der Waals surface area contributed by atoms with E-state index in [0.717, 1.165) is 85.9 Å². The zero-order chi connectivity index (χ0) is 26.9. The van der Waals surface area contributed by atoms with Crippen molar-refractivity contribution in [2.24, 2.45) is 0 Å². The van der Waals surface area contributed by atoms with Gasteiger partial charge in [0.05, 0.1) is 12.2 Å². The van der Waals surface area contributed by atoms with Crippen LogP contribution in [0.4, 0.5) is 22.0 Å². The van der Waals surface area contributed by atoms with Gasteiger partial charge >= 0.3 is 6.03 Å². The van der Waals surface area contributed by atoms with Crippen molar-refractivity contribution in [2.45, 2.75) is 65.0 Å². The molecular weight excluding hydrogens is 484 g/mol. The van der Waals surface area contributed by atoms with Crippen molar-refractivity contribution < 1.29 is 4.79 Å². The van der Waals surface area contributed by atoms with Gasteiger partial charge in [0.15, 0.2) is 0 Å². The predicted molar refractivity (Wildman–Crippen MR) is 158 cm³/mol. The van der Waals surface area contributed by atoms with E-state index in [1.54, 1.807) is 0 Å². The Morgan fingerprint density at radius 2 is 1.59 bits per heavy atom. The topological polar surface area (TPSA) is 55.8 Å². The largest absolute Gasteiger partial charge is 0.369 e. The molecular formula is C32H40N6O. The van der Waals surface area contributed by atoms with Crippen LogP contribution in [-0.4, -0.2) is 60.2 Å². The maximum Gasteiger partial charge on any atom is 0.330 e. The van der Waals surface area contributed by atoms with Gasteiger partial charge in [-0.05, 0) is 62.6 Å². The summed E-state index contributed by atoms with van der Waals surface area (Å²) in [7, 11) is 2.18. The van der Waals surface area contributed by atoms with Crippen molar-refractivity contribution in [2.75, 3.05) is 47.9 Å². The molecule has 7 heteroatoms. The summed E-state index contributed by atoms with van der Waals surface area (Å²) in [6.45, 7) is 9.00. The van der Waals surface area contributed by atoms with Crippen molar-refractivity contribution in [3.8, 4) is 0 Å². The van der Waals surface area contributed by atoms with Gasteiger partial charge in [-0.3, -0.25) is 9.80 Å². The third-order valence-corrected chi connectivity index (χ3v) is 8.70. The molecule has 1 aliphatic carbocycles. The minimum atomic E-state index is 0.0491. The van der Waals surface area contributed by atoms with Crippen LogP contribution in [0.2, 0.25) is 0 Å². The average molecular weight is 525 g/mol. The molecule has 1 aromatic heterocycles. The quantitative estimate of drug-likeness (QED) is 0.428. The van der Waals surface area contributed by atoms with Gasteiger partial charge < -0.3 is 9.80 Å². The van der Waals surface area contributed by atoms with Crippen LogP contribution in [-0.2, 0) is 13.0 Å². The number of piperazine rings is 1. The van der Waals surface area contributed by atoms with Crippen LogP contribution >= 0.6 is 0 Å². The third-order valence-electron chi connectivity index (χ3n) is 8.70. The third kappa shape index (κ3) is 5.24. The van der Waals surface area contributed by atoms with Gasteiger partial charge in [0, 0.05) is 56.1 Å². The summed E-state index contributed by atoms with van der Waals surface area (Å²) in [6.07, 6.45) is 8.22. The van der Waals surface area contributed by atoms with Gasteiger partial charge in [-0.15, -0.1) is 0 Å². The lowest BCUT2D eigenvalue weighted by Crippen LogP contribution is -2.53. The summed E-state index contributed by atoms with van der Waals surface area (Å²) in [6, 6.07) is 15.3. The lowest BCUT2D eigenvalue weighted by atomic mass is 9.93. The molecule has 3 heterocycles. The zero-order valence-corrected chi connectivity index (χ0v) is 23.6. The fourth-order valence-corrected chi connectivity index (χ4v) is 6.44. The van der Waals surface area contributed by atoms with E-state index in [1.165, 1.54) is 17.7 Å². The molecule has 0 N–H and O–H groups in total. The Morgan fingerprint density at radius 3 is 2.28 bits per heavy atom. The normalized spacial score (nSPS) is 18.9. The minimum Gasteiger partial charge on any atom is -0.369 e. The summed E-state index contributed by atoms with van der Waals surface area (Å²) >= 11 is 0. The first-order valence-corrected chi connectivity index (χ1v) is 14.5. The molecule has 39 heavy (non-hydrogen) atoms. The monoisotopic (exact) mass is 524 g/mol. The maximum atomic E-state index is 14.2. The van der Waals surface area contributed by atoms with Crippen molar-refractivity contribution in [3.05, 3.63) is 76.7 Å². The van der Waals surface area contributed by atoms with Crippen molar-refractivity contribution in [3.63, 3.8) is 0 Å². The number of aromatic nitrogens is 2. The highest BCUT2D eigenvalue weighted by molar-refractivity contribution is 6.06. The number of carbonyl (C=O) groups excluding carboxylic acids is 1. The molecule has 2 fully saturated rings. The van der Waals surface area contributed by atoms with Crippen molar-refractivity contribution >= 4 is 23.2 Å². The SMILES string of the molecule is Cc1cccc(C)c1N1Cc2cnc(Cc3ccc(N4CCN(C)CC4)cc3)nc2N(C2CCCCC2)C1=O. The number of carbonyl (C=O) groups is 1. The number of hydrogen-bond donors (Lipinski definition) is 0. The summed E-state index contributed by atoms with van der Waals surface area (Å²) in [5, 5.41) is 0. The van der Waals surface area contributed by atoms with E-state index in [-0.39, 0.29) is 12.1 Å². The number of nitrogens with zero attached hydrogens (tertiary/aromatic N) is 6. The number of para-hydroxylation sites is 1. The molecule has 2 amide bonds. The first-order chi connectivity index (χ1) is 19.0. The van der Waals surface area contributed by atoms with Gasteiger partial charge in [0.25, 0.3) is 0 Å². The lowest BCUT2D eigenvalue weighted by molar-refractivity contribution is 0.244. The van der Waals surface area contributed by atoms with E-state index in [4.69, 9.17) is 9.97 Å². The van der Waals surface area contributed by atoms with Crippen LogP contribution in [0, 0.1) is 13.8 Å². The van der Waals surface area contributed by atoms with Crippen molar-refractivity contribution in [1.29, 1.82) is 0 Å². The van der Waals surface area contributed by atoms with Crippen LogP contribution in [0.1, 0.15) is 60.2 Å². The van der Waals surface area contributed by atoms with Gasteiger partial charge in [-0.25, -0.2) is 14.8 Å². The molecule has 204 valence electrons. The second-order valence-electron chi connectivity index (χ2n) is 11.5. The number of urea groups is 1. The number of anilines is 3. The fraction of sp³-hybridized carbons (Fsp3) is 0.469. The highest BCUT2D eigenvalue weighted by Gasteiger charge is 2.38. The van der Waals surface area contributed by atoms with E-state index in [2.05, 4.69) is 73.2 Å². The molecule has 0 unspecified atom stereocenters. The molecule has 0 bridgehead atoms. The number of aryl methyl sites for hydroxylation is 2. The molecule has 0 radical (unpaired) electrons. The predicted octanol–water partition coefficient (Wildman–Crippen LogP) is 5.72. The average Bonchev–Trinajstić information content (AvgIpc) is 2.95. The number of likely N-dealkylation sites (N-methyl/N-ethyl adjacent to an activating group) is 1. The van der Waals surface area contributed by atoms with Crippen LogP contribution in [0.15, 0.2) is 48.7 Å². The number of rotatable bonds is 5. The van der Waals surface area contributed by atoms with Crippen LogP contribution in [0.25, 0.3) is 0 Å². The summed E-state index contributed by atoms with van der Waals surface area (Å²) in [5.74, 6) is 1.59. The van der Waals surface area contributed by atoms with E-state index in [9.17, 15) is 4.79 Å². The van der Waals surface area contributed by atoms with Gasteiger partial charge in [0.2, 0.25) is 0 Å². The highest BCUT2D eigenvalue weighted by atomic mass is 16.2. The molecule has 3 aliphatic rings. The molecule has 2 aromatic carbocycles. The van der Waals surface area contributed by atoms with Gasteiger partial charge in [0.1, 0.15) is 11.6 Å². The Morgan fingerprint density at radius 1 is 0.897 bits per heavy atom. The number of fused-ring (bicyclic) bond motifs is 1. The molecule has 3 aromatic rings. The van der Waals surface area contributed by atoms with Gasteiger partial charge in [-0.2, -0.15) is 0 Å². The highest BCUT2D eigenvalue weighted by Crippen LogP contribution is 2.37. The van der Waals surface area contributed by atoms with E-state index < -0.39 is 0 Å². The lowest BCUT2D eigenvalue weighted by Gasteiger charge is -2.42. The molecule has 1 saturated carbocycles. The van der Waals surface area contributed by atoms with Crippen molar-refractivity contribution in [1.82, 2.24) is 14.9 Å². The second-order valence-corrected chi connectivity index (χ2v) is 11.5. The second kappa shape index (κ2) is 11.0. The molecule has 1 saturated heterocycles. The molecule has 0 atom stereocenters. The first-order valence-electron chi connectivity index (χ1n) is 14.5. The molecule has 6 rings (SSSR count). The standard InChI is InChI=1S/C32H40N6O/c1-23-8-7-9-24(2)30(23)37-22-26-21-33-29(34-31(26)38(32(37)39)28-10-5-4-6-11-28)20-25-12-14-27(15-13-25)36-18-16-35(3)17-19-36/h7-9,12-15,21,28H,4-6,10-11,16-20,22H2,1-3H3. The number of amides is 2. The number of benzene rings is 2. The van der Waals surface area contributed by atoms with E-state index in [1.807, 2.05) is 16.0 Å². The summed E-state index contributed by atoms with van der Waals surface area (Å²) in [5.41, 5.74) is 6.74. The van der Waals surface area contributed by atoms with Crippen LogP contribution < -0.4 is 14.7 Å².